The number of hydrazone groups is 1. The molecule has 0 atom stereocenters. The summed E-state index contributed by atoms with van der Waals surface area (Å²) in [4.78, 5) is 6.59. The van der Waals surface area contributed by atoms with Gasteiger partial charge in [-0.3, -0.25) is 10.4 Å². The zero-order valence-corrected chi connectivity index (χ0v) is 17.8. The maximum absolute atomic E-state index is 5.69. The van der Waals surface area contributed by atoms with Crippen LogP contribution in [0.2, 0.25) is 0 Å². The van der Waals surface area contributed by atoms with E-state index in [1.807, 2.05) is 18.2 Å². The van der Waals surface area contributed by atoms with Crippen LogP contribution < -0.4 is 19.8 Å². The number of aliphatic imine (C=N–C) groups is 1. The number of nitrogens with one attached hydrogen (secondary N) is 2. The number of fused-ring (bicyclic) bond motifs is 1. The first-order chi connectivity index (χ1) is 14.8. The third kappa shape index (κ3) is 4.63. The average molecular weight is 424 g/mol. The number of rotatable bonds is 4. The monoisotopic (exact) mass is 423 g/mol. The van der Waals surface area contributed by atoms with Crippen molar-refractivity contribution in [2.45, 2.75) is 25.4 Å². The lowest BCUT2D eigenvalue weighted by atomic mass is 10.0. The first-order valence-corrected chi connectivity index (χ1v) is 11.6. The highest BCUT2D eigenvalue weighted by Gasteiger charge is 2.23. The molecule has 0 aliphatic carbocycles. The summed E-state index contributed by atoms with van der Waals surface area (Å²) >= 11 is 1.73. The Morgan fingerprint density at radius 1 is 1.03 bits per heavy atom. The smallest absolute Gasteiger partial charge is 0.177 e. The number of ether oxygens (including phenoxy) is 2. The SMILES string of the molecule is c1ccc(C[NH+]2CCC(N=C3NN=C(c4ccc5c(c4)OCCO5)CS3)CC2)cc1. The van der Waals surface area contributed by atoms with Crippen LogP contribution in [-0.2, 0) is 6.54 Å². The molecule has 156 valence electrons. The van der Waals surface area contributed by atoms with Gasteiger partial charge in [-0.2, -0.15) is 5.10 Å². The summed E-state index contributed by atoms with van der Waals surface area (Å²) in [6, 6.07) is 17.2. The van der Waals surface area contributed by atoms with Crippen LogP contribution in [0.1, 0.15) is 24.0 Å². The van der Waals surface area contributed by atoms with Crippen LogP contribution in [0.5, 0.6) is 11.5 Å². The lowest BCUT2D eigenvalue weighted by Gasteiger charge is -2.28. The van der Waals surface area contributed by atoms with E-state index in [1.165, 1.54) is 18.7 Å². The molecule has 0 amide bonds. The second kappa shape index (κ2) is 9.10. The molecule has 3 heterocycles. The van der Waals surface area contributed by atoms with Crippen molar-refractivity contribution < 1.29 is 14.4 Å². The third-order valence-electron chi connectivity index (χ3n) is 5.77. The van der Waals surface area contributed by atoms with Crippen LogP contribution in [0, 0.1) is 0 Å². The van der Waals surface area contributed by atoms with Gasteiger partial charge in [-0.1, -0.05) is 42.1 Å². The fourth-order valence-electron chi connectivity index (χ4n) is 4.12. The number of benzene rings is 2. The van der Waals surface area contributed by atoms with Gasteiger partial charge in [0.25, 0.3) is 0 Å². The molecule has 5 rings (SSSR count). The minimum Gasteiger partial charge on any atom is -0.486 e. The Hall–Kier alpha value is -2.51. The second-order valence-corrected chi connectivity index (χ2v) is 8.86. The molecule has 1 saturated heterocycles. The highest BCUT2D eigenvalue weighted by Crippen LogP contribution is 2.31. The Morgan fingerprint density at radius 2 is 1.83 bits per heavy atom. The molecule has 0 saturated carbocycles. The quantitative estimate of drug-likeness (QED) is 0.791. The van der Waals surface area contributed by atoms with Crippen molar-refractivity contribution in [2.75, 3.05) is 32.1 Å². The average Bonchev–Trinajstić information content (AvgIpc) is 2.81. The second-order valence-electron chi connectivity index (χ2n) is 7.90. The molecule has 2 aromatic rings. The molecule has 30 heavy (non-hydrogen) atoms. The third-order valence-corrected chi connectivity index (χ3v) is 6.65. The summed E-state index contributed by atoms with van der Waals surface area (Å²) < 4.78 is 11.3. The van der Waals surface area contributed by atoms with Crippen LogP contribution in [0.25, 0.3) is 0 Å². The number of thioether (sulfide) groups is 1. The summed E-state index contributed by atoms with van der Waals surface area (Å²) in [6.45, 7) is 4.66. The summed E-state index contributed by atoms with van der Waals surface area (Å²) in [5, 5.41) is 5.52. The van der Waals surface area contributed by atoms with Crippen molar-refractivity contribution in [3.05, 3.63) is 59.7 Å². The number of quaternary nitrogens is 1. The molecule has 6 nitrogen and oxygen atoms in total. The summed E-state index contributed by atoms with van der Waals surface area (Å²) in [6.07, 6.45) is 2.26. The van der Waals surface area contributed by atoms with Crippen LogP contribution in [-0.4, -0.2) is 49.0 Å². The molecule has 3 aliphatic heterocycles. The van der Waals surface area contributed by atoms with Crippen LogP contribution in [0.15, 0.2) is 58.6 Å². The minimum atomic E-state index is 0.394. The summed E-state index contributed by atoms with van der Waals surface area (Å²) in [5.41, 5.74) is 6.67. The highest BCUT2D eigenvalue weighted by molar-refractivity contribution is 8.14. The normalized spacial score (nSPS) is 24.8. The van der Waals surface area contributed by atoms with Crippen LogP contribution in [0.3, 0.4) is 0 Å². The Labute approximate surface area is 181 Å². The lowest BCUT2D eigenvalue weighted by molar-refractivity contribution is -0.918. The Balaban J connectivity index is 1.15. The Kier molecular flexibility index (Phi) is 5.90. The number of piperidine rings is 1. The topological polar surface area (TPSA) is 59.7 Å². The lowest BCUT2D eigenvalue weighted by Crippen LogP contribution is -3.12. The van der Waals surface area contributed by atoms with Gasteiger partial charge in [-0.05, 0) is 18.2 Å². The molecular formula is C23H27N4O2S+. The standard InChI is InChI=1S/C23H26N4O2S/c1-2-4-17(5-3-1)15-27-10-8-19(9-11-27)24-23-26-25-20(16-30-23)18-6-7-21-22(14-18)29-13-12-28-21/h1-7,14,19H,8-13,15-16H2,(H,24,26)/p+1. The molecule has 3 aliphatic rings. The molecule has 0 bridgehead atoms. The van der Waals surface area contributed by atoms with Crippen molar-refractivity contribution in [1.82, 2.24) is 5.43 Å². The first-order valence-electron chi connectivity index (χ1n) is 10.6. The van der Waals surface area contributed by atoms with Crippen LogP contribution >= 0.6 is 11.8 Å². The molecular weight excluding hydrogens is 396 g/mol. The van der Waals surface area contributed by atoms with Gasteiger partial charge in [0.05, 0.1) is 24.8 Å². The summed E-state index contributed by atoms with van der Waals surface area (Å²) in [5.74, 6) is 2.42. The van der Waals surface area contributed by atoms with E-state index >= 15 is 0 Å². The molecule has 0 spiro atoms. The maximum atomic E-state index is 5.69. The van der Waals surface area contributed by atoms with E-state index in [0.29, 0.717) is 19.3 Å². The van der Waals surface area contributed by atoms with Crippen LogP contribution in [0.4, 0.5) is 0 Å². The fraction of sp³-hybridized carbons (Fsp3) is 0.391. The van der Waals surface area contributed by atoms with E-state index in [2.05, 4.69) is 40.9 Å². The van der Waals surface area contributed by atoms with Crippen molar-refractivity contribution >= 4 is 22.6 Å². The molecule has 7 heteroatoms. The summed E-state index contributed by atoms with van der Waals surface area (Å²) in [7, 11) is 0. The molecule has 0 radical (unpaired) electrons. The van der Waals surface area contributed by atoms with E-state index in [1.54, 1.807) is 16.7 Å². The van der Waals surface area contributed by atoms with E-state index in [9.17, 15) is 0 Å². The molecule has 0 unspecified atom stereocenters. The Morgan fingerprint density at radius 3 is 2.60 bits per heavy atom. The van der Waals surface area contributed by atoms with Crippen molar-refractivity contribution in [1.29, 1.82) is 0 Å². The molecule has 0 aromatic heterocycles. The van der Waals surface area contributed by atoms with E-state index in [4.69, 9.17) is 14.5 Å². The highest BCUT2D eigenvalue weighted by atomic mass is 32.2. The number of amidine groups is 1. The van der Waals surface area contributed by atoms with Gasteiger partial charge >= 0.3 is 0 Å². The molecule has 2 N–H and O–H groups in total. The molecule has 2 aromatic carbocycles. The largest absolute Gasteiger partial charge is 0.486 e. The minimum absolute atomic E-state index is 0.394. The van der Waals surface area contributed by atoms with Gasteiger partial charge in [0, 0.05) is 29.7 Å². The predicted molar refractivity (Wildman–Crippen MR) is 121 cm³/mol. The molecule has 1 fully saturated rings. The van der Waals surface area contributed by atoms with Gasteiger partial charge in [-0.15, -0.1) is 0 Å². The zero-order valence-electron chi connectivity index (χ0n) is 17.0. The van der Waals surface area contributed by atoms with Gasteiger partial charge < -0.3 is 14.4 Å². The van der Waals surface area contributed by atoms with Gasteiger partial charge in [-0.25, -0.2) is 0 Å². The van der Waals surface area contributed by atoms with Crippen molar-refractivity contribution in [3.8, 4) is 11.5 Å². The number of likely N-dealkylation sites (tertiary alicyclic amines) is 1. The number of nitrogens with zero attached hydrogens (tertiary/aromatic N) is 2. The van der Waals surface area contributed by atoms with Gasteiger partial charge in [0.1, 0.15) is 19.8 Å². The zero-order chi connectivity index (χ0) is 20.2. The van der Waals surface area contributed by atoms with E-state index < -0.39 is 0 Å². The predicted octanol–water partition coefficient (Wildman–Crippen LogP) is 2.10. The van der Waals surface area contributed by atoms with Gasteiger partial charge in [0.15, 0.2) is 16.7 Å². The van der Waals surface area contributed by atoms with Crippen molar-refractivity contribution in [3.63, 3.8) is 0 Å². The maximum Gasteiger partial charge on any atom is 0.177 e. The van der Waals surface area contributed by atoms with E-state index in [0.717, 1.165) is 53.1 Å². The fourth-order valence-corrected chi connectivity index (χ4v) is 4.96. The number of hydrogen-bond donors (Lipinski definition) is 2. The van der Waals surface area contributed by atoms with Gasteiger partial charge in [0.2, 0.25) is 0 Å². The first kappa shape index (κ1) is 19.5. The Bertz CT molecular complexity index is 939. The number of hydrogen-bond acceptors (Lipinski definition) is 5. The van der Waals surface area contributed by atoms with Crippen molar-refractivity contribution in [2.24, 2.45) is 10.1 Å². The van der Waals surface area contributed by atoms with E-state index in [-0.39, 0.29) is 0 Å².